The first-order valence-electron chi connectivity index (χ1n) is 39.9. The van der Waals surface area contributed by atoms with E-state index in [4.69, 9.17) is 14.2 Å². The van der Waals surface area contributed by atoms with Crippen LogP contribution in [0.25, 0.3) is 10.8 Å². The van der Waals surface area contributed by atoms with E-state index in [1.807, 2.05) is 0 Å². The van der Waals surface area contributed by atoms with E-state index >= 15 is 0 Å². The van der Waals surface area contributed by atoms with Crippen molar-refractivity contribution in [3.63, 3.8) is 0 Å². The van der Waals surface area contributed by atoms with Gasteiger partial charge in [-0.15, -0.1) is 5.10 Å². The summed E-state index contributed by atoms with van der Waals surface area (Å²) < 4.78 is 20.4. The first-order valence-corrected chi connectivity index (χ1v) is 39.9. The van der Waals surface area contributed by atoms with Gasteiger partial charge in [0.2, 0.25) is 0 Å². The second-order valence-corrected chi connectivity index (χ2v) is 36.9. The number of amides is 4. The molecule has 4 amide bonds. The van der Waals surface area contributed by atoms with Gasteiger partial charge in [-0.3, -0.25) is 29.0 Å². The molecule has 0 atom stereocenters. The summed E-state index contributed by atoms with van der Waals surface area (Å²) in [7, 11) is 0. The molecular weight excluding hydrogens is 1380 g/mol. The number of imide groups is 2. The van der Waals surface area contributed by atoms with Crippen molar-refractivity contribution >= 4 is 34.4 Å². The molecule has 0 aliphatic carbocycles. The molecule has 0 bridgehead atoms. The van der Waals surface area contributed by atoms with Crippen LogP contribution in [0.3, 0.4) is 0 Å². The number of rotatable bonds is 24. The predicted octanol–water partition coefficient (Wildman–Crippen LogP) is 21.7. The Bertz CT molecular complexity index is 4880. The van der Waals surface area contributed by atoms with Crippen LogP contribution in [0, 0.1) is 0 Å². The van der Waals surface area contributed by atoms with Crippen molar-refractivity contribution in [2.24, 2.45) is 0 Å². The van der Waals surface area contributed by atoms with E-state index in [0.717, 1.165) is 27.5 Å². The van der Waals surface area contributed by atoms with Gasteiger partial charge in [0.15, 0.2) is 0 Å². The zero-order valence-corrected chi connectivity index (χ0v) is 69.0. The molecule has 0 saturated heterocycles. The van der Waals surface area contributed by atoms with Crippen molar-refractivity contribution in [2.45, 2.75) is 200 Å². The lowest BCUT2D eigenvalue weighted by Crippen LogP contribution is -2.43. The molecule has 0 unspecified atom stereocenters. The number of aromatic nitrogens is 3. The van der Waals surface area contributed by atoms with E-state index in [2.05, 4.69) is 329 Å². The van der Waals surface area contributed by atoms with Gasteiger partial charge in [-0.1, -0.05) is 300 Å². The molecule has 10 aromatic carbocycles. The minimum atomic E-state index is -0.656. The van der Waals surface area contributed by atoms with E-state index in [-0.39, 0.29) is 67.8 Å². The van der Waals surface area contributed by atoms with Gasteiger partial charge in [0.25, 0.3) is 23.6 Å². The van der Waals surface area contributed by atoms with Crippen LogP contribution in [0.4, 0.5) is 0 Å². The van der Waals surface area contributed by atoms with Gasteiger partial charge in [-0.25, -0.2) is 4.68 Å². The standard InChI is InChI=1S/C100H111N5O7/c1-93(2,3)66-22-34-72(35-23-66)99(73-36-24-67(25-37-73)94(4,5)6,74-38-26-68(27-39-74)95(7,8)9)78-46-50-81(51-47-78)111-60-21-19-20-58-104-89(106)83-54-56-85-88-86(57-55-84(87(83)88)90(104)107)92(109)105(91(85)108)65-80-64-103(102-101-80)59-61-110-62-63-112-82-52-48-79(49-53-82)100(75-40-28-69(29-41-75)96(10,11)12,76-42-30-70(31-43-76)97(13,14)15)77-44-32-71(33-45-77)98(16,17)18/h22-57,64H,19-21,58-63,65H2,1-18H3. The SMILES string of the molecule is CC(C)(C)c1ccc(C(c2ccc(OCCCCCN3C(=O)c4ccc5c6c(ccc(c46)C3=O)C(=O)N(Cc3cn(CCOCCOc4ccc(C(c6ccc(C(C)(C)C)cc6)(c6ccc(C(C)(C)C)cc6)c6ccc(C(C)(C)C)cc6)cc4)nn3)C5=O)cc2)(c2ccc(C(C)(C)C)cc2)c2ccc(C(C)(C)C)cc2)cc1. The topological polar surface area (TPSA) is 133 Å². The zero-order valence-electron chi connectivity index (χ0n) is 69.0. The Morgan fingerprint density at radius 2 is 0.545 bits per heavy atom. The summed E-state index contributed by atoms with van der Waals surface area (Å²) in [5.74, 6) is -0.526. The van der Waals surface area contributed by atoms with Gasteiger partial charge in [-0.05, 0) is 178 Å². The minimum absolute atomic E-state index is 0.00848. The Morgan fingerprint density at radius 3 is 0.839 bits per heavy atom. The largest absolute Gasteiger partial charge is 0.494 e. The molecule has 11 aromatic rings. The van der Waals surface area contributed by atoms with Gasteiger partial charge in [0.05, 0.1) is 49.9 Å². The molecule has 0 N–H and O–H groups in total. The summed E-state index contributed by atoms with van der Waals surface area (Å²) in [4.78, 5) is 59.8. The Hall–Kier alpha value is -10.6. The fraction of sp³-hybridized carbons (Fsp3) is 0.360. The fourth-order valence-electron chi connectivity index (χ4n) is 16.1. The fourth-order valence-corrected chi connectivity index (χ4v) is 16.1. The first kappa shape index (κ1) is 79.5. The summed E-state index contributed by atoms with van der Waals surface area (Å²) in [5, 5.41) is 9.28. The average molecular weight is 1500 g/mol. The van der Waals surface area contributed by atoms with E-state index < -0.39 is 34.5 Å². The molecule has 0 fully saturated rings. The van der Waals surface area contributed by atoms with Gasteiger partial charge in [0, 0.05) is 39.6 Å². The summed E-state index contributed by atoms with van der Waals surface area (Å²) in [5.41, 5.74) is 17.0. The van der Waals surface area contributed by atoms with Gasteiger partial charge in [0.1, 0.15) is 23.8 Å². The molecule has 112 heavy (non-hydrogen) atoms. The van der Waals surface area contributed by atoms with Crippen LogP contribution >= 0.6 is 0 Å². The maximum Gasteiger partial charge on any atom is 0.261 e. The van der Waals surface area contributed by atoms with E-state index in [1.54, 1.807) is 35.1 Å². The maximum absolute atomic E-state index is 14.4. The lowest BCUT2D eigenvalue weighted by Gasteiger charge is -2.38. The Morgan fingerprint density at radius 1 is 0.277 bits per heavy atom. The molecule has 12 heteroatoms. The summed E-state index contributed by atoms with van der Waals surface area (Å²) in [6.07, 6.45) is 3.65. The first-order chi connectivity index (χ1) is 53.0. The maximum atomic E-state index is 14.4. The summed E-state index contributed by atoms with van der Waals surface area (Å²) >= 11 is 0. The average Bonchev–Trinajstić information content (AvgIpc) is 0.737. The molecule has 2 aliphatic rings. The number of unbranched alkanes of at least 4 members (excludes halogenated alkanes) is 2. The minimum Gasteiger partial charge on any atom is -0.494 e. The Balaban J connectivity index is 0.615. The van der Waals surface area contributed by atoms with E-state index in [9.17, 15) is 19.2 Å². The van der Waals surface area contributed by atoms with Gasteiger partial charge < -0.3 is 14.2 Å². The van der Waals surface area contributed by atoms with Crippen LogP contribution in [-0.2, 0) is 61.1 Å². The molecule has 1 aromatic heterocycles. The summed E-state index contributed by atoms with van der Waals surface area (Å²) in [6, 6.07) is 78.5. The van der Waals surface area contributed by atoms with Crippen LogP contribution in [0.5, 0.6) is 11.5 Å². The van der Waals surface area contributed by atoms with Crippen molar-refractivity contribution in [3.05, 3.63) is 330 Å². The van der Waals surface area contributed by atoms with E-state index in [1.165, 1.54) is 71.7 Å². The highest BCUT2D eigenvalue weighted by Crippen LogP contribution is 2.50. The number of benzene rings is 10. The monoisotopic (exact) mass is 1490 g/mol. The molecule has 3 heterocycles. The van der Waals surface area contributed by atoms with Crippen LogP contribution < -0.4 is 9.47 Å². The molecular formula is C100H111N5O7. The molecule has 0 spiro atoms. The van der Waals surface area contributed by atoms with Gasteiger partial charge in [-0.2, -0.15) is 0 Å². The summed E-state index contributed by atoms with van der Waals surface area (Å²) in [6.45, 7) is 42.4. The third-order valence-electron chi connectivity index (χ3n) is 22.9. The van der Waals surface area contributed by atoms with Crippen LogP contribution in [0.15, 0.2) is 225 Å². The highest BCUT2D eigenvalue weighted by molar-refractivity contribution is 6.33. The normalized spacial score (nSPS) is 13.9. The molecule has 0 saturated carbocycles. The van der Waals surface area contributed by atoms with E-state index in [0.29, 0.717) is 68.7 Å². The van der Waals surface area contributed by atoms with Crippen molar-refractivity contribution in [2.75, 3.05) is 33.0 Å². The number of ether oxygens (including phenoxy) is 3. The number of carbonyl (C=O) groups excluding carboxylic acids is 4. The molecule has 12 nitrogen and oxygen atoms in total. The third kappa shape index (κ3) is 15.9. The predicted molar refractivity (Wildman–Crippen MR) is 451 cm³/mol. The van der Waals surface area contributed by atoms with Crippen molar-refractivity contribution < 1.29 is 33.4 Å². The quantitative estimate of drug-likeness (QED) is 0.0329. The number of carbonyl (C=O) groups is 4. The second-order valence-electron chi connectivity index (χ2n) is 36.9. The number of nitrogens with zero attached hydrogens (tertiary/aromatic N) is 5. The highest BCUT2D eigenvalue weighted by atomic mass is 16.5. The van der Waals surface area contributed by atoms with Crippen LogP contribution in [0.1, 0.15) is 269 Å². The second kappa shape index (κ2) is 30.8. The lowest BCUT2D eigenvalue weighted by molar-refractivity contribution is 0.0579. The number of hydrogen-bond donors (Lipinski definition) is 0. The van der Waals surface area contributed by atoms with Crippen molar-refractivity contribution in [3.8, 4) is 11.5 Å². The lowest BCUT2D eigenvalue weighted by atomic mass is 9.64. The Kier molecular flexibility index (Phi) is 21.9. The van der Waals surface area contributed by atoms with Crippen LogP contribution in [-0.4, -0.2) is 81.4 Å². The smallest absolute Gasteiger partial charge is 0.261 e. The van der Waals surface area contributed by atoms with Crippen molar-refractivity contribution in [1.29, 1.82) is 0 Å². The highest BCUT2D eigenvalue weighted by Gasteiger charge is 2.44. The molecule has 0 radical (unpaired) electrons. The molecule has 2 aliphatic heterocycles. The molecule has 13 rings (SSSR count). The molecule has 578 valence electrons. The van der Waals surface area contributed by atoms with Gasteiger partial charge >= 0.3 is 0 Å². The Labute approximate surface area is 664 Å². The van der Waals surface area contributed by atoms with Crippen molar-refractivity contribution in [1.82, 2.24) is 24.8 Å². The zero-order chi connectivity index (χ0) is 80.1. The number of hydrogen-bond acceptors (Lipinski definition) is 9. The van der Waals surface area contributed by atoms with Crippen LogP contribution in [0.2, 0.25) is 0 Å². The third-order valence-corrected chi connectivity index (χ3v) is 22.9.